The van der Waals surface area contributed by atoms with Gasteiger partial charge in [-0.15, -0.1) is 0 Å². The minimum absolute atomic E-state index is 0.00387. The van der Waals surface area contributed by atoms with Gasteiger partial charge in [-0.3, -0.25) is 0 Å². The standard InChI is InChI=1S/C10H10N4O3/c1-6-13-9(17-14-6)5-11-7-2-3-8(10(15)16)12-4-7/h2-4,11H,5H2,1H3,(H,15,16). The molecule has 0 fully saturated rings. The molecule has 7 heteroatoms. The molecule has 2 N–H and O–H groups in total. The van der Waals surface area contributed by atoms with E-state index in [1.807, 2.05) is 0 Å². The number of hydrogen-bond donors (Lipinski definition) is 2. The molecule has 0 aliphatic carbocycles. The van der Waals surface area contributed by atoms with Crippen molar-refractivity contribution in [3.05, 3.63) is 35.7 Å². The van der Waals surface area contributed by atoms with Crippen LogP contribution in [0, 0.1) is 6.92 Å². The number of nitrogens with one attached hydrogen (secondary N) is 1. The van der Waals surface area contributed by atoms with Crippen LogP contribution in [0.3, 0.4) is 0 Å². The number of pyridine rings is 1. The van der Waals surface area contributed by atoms with Gasteiger partial charge in [0.15, 0.2) is 5.82 Å². The van der Waals surface area contributed by atoms with Gasteiger partial charge in [0.1, 0.15) is 5.69 Å². The molecule has 17 heavy (non-hydrogen) atoms. The number of anilines is 1. The Hall–Kier alpha value is -2.44. The van der Waals surface area contributed by atoms with Crippen LogP contribution in [0.1, 0.15) is 22.2 Å². The Morgan fingerprint density at radius 3 is 2.88 bits per heavy atom. The van der Waals surface area contributed by atoms with E-state index in [-0.39, 0.29) is 5.69 Å². The molecule has 0 atom stereocenters. The summed E-state index contributed by atoms with van der Waals surface area (Å²) in [6.07, 6.45) is 1.44. The van der Waals surface area contributed by atoms with Crippen molar-refractivity contribution < 1.29 is 14.4 Å². The summed E-state index contributed by atoms with van der Waals surface area (Å²) in [5, 5.41) is 15.3. The van der Waals surface area contributed by atoms with E-state index in [0.717, 1.165) is 0 Å². The number of carboxylic acids is 1. The Morgan fingerprint density at radius 1 is 1.53 bits per heavy atom. The van der Waals surface area contributed by atoms with E-state index in [1.54, 1.807) is 13.0 Å². The lowest BCUT2D eigenvalue weighted by Gasteiger charge is -2.02. The average molecular weight is 234 g/mol. The SMILES string of the molecule is Cc1noc(CNc2ccc(C(=O)O)nc2)n1. The number of carbonyl (C=O) groups is 1. The van der Waals surface area contributed by atoms with Crippen LogP contribution in [-0.2, 0) is 6.54 Å². The summed E-state index contributed by atoms with van der Waals surface area (Å²) in [5.41, 5.74) is 0.690. The van der Waals surface area contributed by atoms with Crippen molar-refractivity contribution in [3.8, 4) is 0 Å². The molecule has 0 aliphatic heterocycles. The molecule has 0 radical (unpaired) electrons. The summed E-state index contributed by atoms with van der Waals surface area (Å²) >= 11 is 0. The normalized spacial score (nSPS) is 10.2. The lowest BCUT2D eigenvalue weighted by Crippen LogP contribution is -2.03. The van der Waals surface area contributed by atoms with E-state index < -0.39 is 5.97 Å². The first kappa shape index (κ1) is 11.1. The van der Waals surface area contributed by atoms with Gasteiger partial charge in [-0.05, 0) is 19.1 Å². The number of rotatable bonds is 4. The first-order valence-corrected chi connectivity index (χ1v) is 4.87. The van der Waals surface area contributed by atoms with E-state index in [1.165, 1.54) is 12.3 Å². The lowest BCUT2D eigenvalue weighted by atomic mass is 10.3. The Bertz CT molecular complexity index is 521. The minimum Gasteiger partial charge on any atom is -0.477 e. The molecule has 0 spiro atoms. The number of aromatic carboxylic acids is 1. The molecule has 7 nitrogen and oxygen atoms in total. The van der Waals surface area contributed by atoms with Crippen LogP contribution >= 0.6 is 0 Å². The highest BCUT2D eigenvalue weighted by atomic mass is 16.5. The smallest absolute Gasteiger partial charge is 0.354 e. The maximum atomic E-state index is 10.6. The van der Waals surface area contributed by atoms with Crippen molar-refractivity contribution in [2.75, 3.05) is 5.32 Å². The maximum Gasteiger partial charge on any atom is 0.354 e. The van der Waals surface area contributed by atoms with Crippen LogP contribution in [0.15, 0.2) is 22.9 Å². The Morgan fingerprint density at radius 2 is 2.35 bits per heavy atom. The number of carboxylic acid groups (broad SMARTS) is 1. The Kier molecular flexibility index (Phi) is 2.99. The van der Waals surface area contributed by atoms with E-state index in [4.69, 9.17) is 9.63 Å². The zero-order valence-electron chi connectivity index (χ0n) is 9.04. The van der Waals surface area contributed by atoms with E-state index >= 15 is 0 Å². The molecule has 0 saturated heterocycles. The topological polar surface area (TPSA) is 101 Å². The predicted octanol–water partition coefficient (Wildman–Crippen LogP) is 1.08. The molecule has 0 saturated carbocycles. The van der Waals surface area contributed by atoms with Crippen LogP contribution < -0.4 is 5.32 Å². The highest BCUT2D eigenvalue weighted by molar-refractivity contribution is 5.85. The first-order valence-electron chi connectivity index (χ1n) is 4.87. The quantitative estimate of drug-likeness (QED) is 0.816. The van der Waals surface area contributed by atoms with Crippen molar-refractivity contribution in [1.82, 2.24) is 15.1 Å². The second kappa shape index (κ2) is 4.60. The van der Waals surface area contributed by atoms with Gasteiger partial charge in [-0.25, -0.2) is 9.78 Å². The fourth-order valence-electron chi connectivity index (χ4n) is 1.21. The molecule has 2 aromatic rings. The molecule has 2 rings (SSSR count). The van der Waals surface area contributed by atoms with Crippen molar-refractivity contribution in [2.45, 2.75) is 13.5 Å². The molecule has 0 unspecified atom stereocenters. The summed E-state index contributed by atoms with van der Waals surface area (Å²) in [6, 6.07) is 3.05. The zero-order valence-corrected chi connectivity index (χ0v) is 9.04. The van der Waals surface area contributed by atoms with E-state index in [2.05, 4.69) is 20.4 Å². The molecule has 2 heterocycles. The van der Waals surface area contributed by atoms with E-state index in [0.29, 0.717) is 23.9 Å². The Labute approximate surface area is 96.5 Å². The van der Waals surface area contributed by atoms with Crippen molar-refractivity contribution in [2.24, 2.45) is 0 Å². The molecule has 88 valence electrons. The third-order valence-electron chi connectivity index (χ3n) is 2.00. The number of hydrogen-bond acceptors (Lipinski definition) is 6. The summed E-state index contributed by atoms with van der Waals surface area (Å²) in [5.74, 6) is -0.0185. The molecule has 0 bridgehead atoms. The van der Waals surface area contributed by atoms with Crippen LogP contribution in [-0.4, -0.2) is 26.2 Å². The van der Waals surface area contributed by atoms with Crippen molar-refractivity contribution >= 4 is 11.7 Å². The highest BCUT2D eigenvalue weighted by Gasteiger charge is 2.05. The van der Waals surface area contributed by atoms with Gasteiger partial charge in [-0.1, -0.05) is 5.16 Å². The van der Waals surface area contributed by atoms with Gasteiger partial charge in [0.2, 0.25) is 5.89 Å². The van der Waals surface area contributed by atoms with Gasteiger partial charge in [0, 0.05) is 0 Å². The fraction of sp³-hybridized carbons (Fsp3) is 0.200. The molecular weight excluding hydrogens is 224 g/mol. The number of aryl methyl sites for hydroxylation is 1. The Balaban J connectivity index is 1.97. The summed E-state index contributed by atoms with van der Waals surface area (Å²) in [4.78, 5) is 18.4. The third-order valence-corrected chi connectivity index (χ3v) is 2.00. The minimum atomic E-state index is -1.05. The largest absolute Gasteiger partial charge is 0.477 e. The molecule has 0 aliphatic rings. The summed E-state index contributed by atoms with van der Waals surface area (Å²) < 4.78 is 4.91. The van der Waals surface area contributed by atoms with Crippen LogP contribution in [0.2, 0.25) is 0 Å². The van der Waals surface area contributed by atoms with Gasteiger partial charge < -0.3 is 14.9 Å². The monoisotopic (exact) mass is 234 g/mol. The number of nitrogens with zero attached hydrogens (tertiary/aromatic N) is 3. The summed E-state index contributed by atoms with van der Waals surface area (Å²) in [7, 11) is 0. The van der Waals surface area contributed by atoms with Gasteiger partial charge in [-0.2, -0.15) is 4.98 Å². The van der Waals surface area contributed by atoms with Gasteiger partial charge in [0.05, 0.1) is 18.4 Å². The third kappa shape index (κ3) is 2.77. The maximum absolute atomic E-state index is 10.6. The highest BCUT2D eigenvalue weighted by Crippen LogP contribution is 2.08. The predicted molar refractivity (Wildman–Crippen MR) is 57.6 cm³/mol. The first-order chi connectivity index (χ1) is 8.15. The van der Waals surface area contributed by atoms with Crippen molar-refractivity contribution in [1.29, 1.82) is 0 Å². The van der Waals surface area contributed by atoms with Gasteiger partial charge >= 0.3 is 5.97 Å². The zero-order chi connectivity index (χ0) is 12.3. The van der Waals surface area contributed by atoms with Crippen LogP contribution in [0.4, 0.5) is 5.69 Å². The van der Waals surface area contributed by atoms with Crippen LogP contribution in [0.5, 0.6) is 0 Å². The molecule has 0 amide bonds. The molecular formula is C10H10N4O3. The van der Waals surface area contributed by atoms with Crippen LogP contribution in [0.25, 0.3) is 0 Å². The lowest BCUT2D eigenvalue weighted by molar-refractivity contribution is 0.0690. The number of aromatic nitrogens is 3. The second-order valence-electron chi connectivity index (χ2n) is 3.33. The van der Waals surface area contributed by atoms with E-state index in [9.17, 15) is 4.79 Å². The van der Waals surface area contributed by atoms with Crippen molar-refractivity contribution in [3.63, 3.8) is 0 Å². The average Bonchev–Trinajstić information content (AvgIpc) is 2.73. The molecule has 0 aromatic carbocycles. The summed E-state index contributed by atoms with van der Waals surface area (Å²) in [6.45, 7) is 2.10. The second-order valence-corrected chi connectivity index (χ2v) is 3.33. The fourth-order valence-corrected chi connectivity index (χ4v) is 1.21. The van der Waals surface area contributed by atoms with Gasteiger partial charge in [0.25, 0.3) is 0 Å². The molecule has 2 aromatic heterocycles.